The van der Waals surface area contributed by atoms with Gasteiger partial charge in [0, 0.05) is 36.3 Å². The molecule has 9 heteroatoms. The average molecular weight is 574 g/mol. The average Bonchev–Trinajstić information content (AvgIpc) is 3.47. The third kappa shape index (κ3) is 5.25. The highest BCUT2D eigenvalue weighted by Gasteiger charge is 2.53. The largest absolute Gasteiger partial charge is 0.391 e. The summed E-state index contributed by atoms with van der Waals surface area (Å²) in [5, 5.41) is 16.0. The first kappa shape index (κ1) is 27.2. The van der Waals surface area contributed by atoms with Gasteiger partial charge >= 0.3 is 0 Å². The highest BCUT2D eigenvalue weighted by molar-refractivity contribution is 6.30. The number of aliphatic hydroxyl groups excluding tert-OH is 1. The van der Waals surface area contributed by atoms with Crippen molar-refractivity contribution in [2.45, 2.75) is 38.0 Å². The second kappa shape index (κ2) is 11.1. The number of carbonyl (C=O) groups excluding carboxylic acids is 2. The third-order valence-corrected chi connectivity index (χ3v) is 8.51. The number of hydrogen-bond acceptors (Lipinski definition) is 5. The first-order valence-electron chi connectivity index (χ1n) is 13.6. The maximum Gasteiger partial charge on any atom is 0.292 e. The molecule has 3 heterocycles. The molecule has 3 aromatic carbocycles. The summed E-state index contributed by atoms with van der Waals surface area (Å²) in [4.78, 5) is 30.9. The first-order chi connectivity index (χ1) is 19.8. The molecule has 1 N–H and O–H groups in total. The Bertz CT molecular complexity index is 1570. The fourth-order valence-electron chi connectivity index (χ4n) is 6.18. The highest BCUT2D eigenvalue weighted by Crippen LogP contribution is 2.47. The number of carbonyl (C=O) groups is 2. The molecular weight excluding hydrogens is 545 g/mol. The van der Waals surface area contributed by atoms with E-state index in [4.69, 9.17) is 16.1 Å². The number of likely N-dealkylation sites (tertiary alicyclic amines) is 2. The molecule has 0 bridgehead atoms. The Morgan fingerprint density at radius 1 is 1.02 bits per heavy atom. The van der Waals surface area contributed by atoms with Gasteiger partial charge in [-0.1, -0.05) is 71.4 Å². The standard InChI is InChI=1S/C32H29ClFN3O4/c33-23-10-6-7-21(17-23)20-37-29(22-8-2-1-3-9-22)27(38)19-32(31(37)40)13-15-36(16-14-32)30(39)28-18-26(35-41-28)24-11-4-5-12-25(24)34/h1-12,17-18,27,29,38H,13-16,19-20H2/t27-,29+/m1/s1. The lowest BCUT2D eigenvalue weighted by Crippen LogP contribution is -2.58. The van der Waals surface area contributed by atoms with E-state index in [1.165, 1.54) is 12.1 Å². The van der Waals surface area contributed by atoms with Crippen LogP contribution in [0.4, 0.5) is 4.39 Å². The predicted octanol–water partition coefficient (Wildman–Crippen LogP) is 5.89. The van der Waals surface area contributed by atoms with Crippen LogP contribution in [0.2, 0.25) is 5.02 Å². The summed E-state index contributed by atoms with van der Waals surface area (Å²) < 4.78 is 19.5. The molecule has 2 saturated heterocycles. The Balaban J connectivity index is 1.22. The van der Waals surface area contributed by atoms with Crippen LogP contribution in [0.15, 0.2) is 89.5 Å². The minimum Gasteiger partial charge on any atom is -0.391 e. The van der Waals surface area contributed by atoms with Crippen LogP contribution >= 0.6 is 11.6 Å². The van der Waals surface area contributed by atoms with Gasteiger partial charge < -0.3 is 19.4 Å². The number of amides is 2. The molecule has 2 aliphatic heterocycles. The molecule has 2 fully saturated rings. The van der Waals surface area contributed by atoms with Gasteiger partial charge in [0.1, 0.15) is 11.5 Å². The fraction of sp³-hybridized carbons (Fsp3) is 0.281. The van der Waals surface area contributed by atoms with Crippen molar-refractivity contribution in [2.75, 3.05) is 13.1 Å². The molecular formula is C32H29ClFN3O4. The molecule has 41 heavy (non-hydrogen) atoms. The van der Waals surface area contributed by atoms with Crippen LogP contribution in [-0.4, -0.2) is 51.1 Å². The van der Waals surface area contributed by atoms with E-state index in [1.807, 2.05) is 48.5 Å². The van der Waals surface area contributed by atoms with Crippen molar-refractivity contribution in [3.63, 3.8) is 0 Å². The van der Waals surface area contributed by atoms with Crippen molar-refractivity contribution in [2.24, 2.45) is 5.41 Å². The molecule has 0 unspecified atom stereocenters. The zero-order valence-electron chi connectivity index (χ0n) is 22.2. The second-order valence-electron chi connectivity index (χ2n) is 10.8. The molecule has 4 aromatic rings. The normalized spacial score (nSPS) is 20.4. The van der Waals surface area contributed by atoms with E-state index >= 15 is 0 Å². The van der Waals surface area contributed by atoms with Crippen LogP contribution in [0.25, 0.3) is 11.3 Å². The molecule has 7 nitrogen and oxygen atoms in total. The predicted molar refractivity (Wildman–Crippen MR) is 151 cm³/mol. The lowest BCUT2D eigenvalue weighted by atomic mass is 9.68. The van der Waals surface area contributed by atoms with Gasteiger partial charge in [-0.05, 0) is 54.7 Å². The molecule has 1 aromatic heterocycles. The summed E-state index contributed by atoms with van der Waals surface area (Å²) in [5.41, 5.74) is 1.43. The summed E-state index contributed by atoms with van der Waals surface area (Å²) in [6.45, 7) is 0.930. The van der Waals surface area contributed by atoms with Gasteiger partial charge in [-0.3, -0.25) is 9.59 Å². The van der Waals surface area contributed by atoms with Gasteiger partial charge in [0.05, 0.1) is 17.6 Å². The van der Waals surface area contributed by atoms with E-state index < -0.39 is 23.4 Å². The van der Waals surface area contributed by atoms with Crippen LogP contribution in [0, 0.1) is 11.2 Å². The van der Waals surface area contributed by atoms with Crippen molar-refractivity contribution < 1.29 is 23.6 Å². The summed E-state index contributed by atoms with van der Waals surface area (Å²) in [7, 11) is 0. The molecule has 0 saturated carbocycles. The SMILES string of the molecule is O=C(c1cc(-c2ccccc2F)no1)N1CCC2(CC1)C[C@@H](O)[C@H](c1ccccc1)N(Cc1cccc(Cl)c1)C2=O. The van der Waals surface area contributed by atoms with Crippen molar-refractivity contribution in [3.05, 3.63) is 113 Å². The summed E-state index contributed by atoms with van der Waals surface area (Å²) in [6, 6.07) is 24.1. The maximum atomic E-state index is 14.3. The molecule has 2 amide bonds. The number of nitrogens with zero attached hydrogens (tertiary/aromatic N) is 3. The summed E-state index contributed by atoms with van der Waals surface area (Å²) in [5.74, 6) is -0.840. The van der Waals surface area contributed by atoms with Crippen molar-refractivity contribution in [3.8, 4) is 11.3 Å². The van der Waals surface area contributed by atoms with Crippen LogP contribution in [0.1, 0.15) is 47.0 Å². The molecule has 0 radical (unpaired) electrons. The molecule has 210 valence electrons. The van der Waals surface area contributed by atoms with E-state index in [-0.39, 0.29) is 28.8 Å². The number of piperidine rings is 2. The quantitative estimate of drug-likeness (QED) is 0.322. The van der Waals surface area contributed by atoms with Crippen LogP contribution in [0.5, 0.6) is 0 Å². The van der Waals surface area contributed by atoms with E-state index in [2.05, 4.69) is 5.16 Å². The Morgan fingerprint density at radius 3 is 2.49 bits per heavy atom. The van der Waals surface area contributed by atoms with E-state index in [0.29, 0.717) is 43.9 Å². The molecule has 2 atom stereocenters. The first-order valence-corrected chi connectivity index (χ1v) is 14.0. The maximum absolute atomic E-state index is 14.3. The number of halogens is 2. The molecule has 2 aliphatic rings. The van der Waals surface area contributed by atoms with E-state index in [0.717, 1.165) is 11.1 Å². The number of rotatable bonds is 5. The second-order valence-corrected chi connectivity index (χ2v) is 11.3. The van der Waals surface area contributed by atoms with E-state index in [1.54, 1.807) is 34.1 Å². The van der Waals surface area contributed by atoms with Crippen molar-refractivity contribution in [1.82, 2.24) is 15.0 Å². The molecule has 1 spiro atoms. The minimum atomic E-state index is -0.806. The number of aliphatic hydroxyl groups is 1. The monoisotopic (exact) mass is 573 g/mol. The van der Waals surface area contributed by atoms with E-state index in [9.17, 15) is 19.1 Å². The zero-order valence-corrected chi connectivity index (χ0v) is 23.0. The van der Waals surface area contributed by atoms with Crippen LogP contribution in [0.3, 0.4) is 0 Å². The summed E-state index contributed by atoms with van der Waals surface area (Å²) >= 11 is 6.24. The van der Waals surface area contributed by atoms with Gasteiger partial charge in [-0.25, -0.2) is 4.39 Å². The number of benzene rings is 3. The smallest absolute Gasteiger partial charge is 0.292 e. The number of aromatic nitrogens is 1. The Labute approximate surface area is 242 Å². The van der Waals surface area contributed by atoms with Crippen LogP contribution < -0.4 is 0 Å². The van der Waals surface area contributed by atoms with Gasteiger partial charge in [0.25, 0.3) is 5.91 Å². The van der Waals surface area contributed by atoms with Crippen molar-refractivity contribution in [1.29, 1.82) is 0 Å². The van der Waals surface area contributed by atoms with Crippen molar-refractivity contribution >= 4 is 23.4 Å². The third-order valence-electron chi connectivity index (χ3n) is 8.28. The highest BCUT2D eigenvalue weighted by atomic mass is 35.5. The minimum absolute atomic E-state index is 0.0148. The fourth-order valence-corrected chi connectivity index (χ4v) is 6.39. The van der Waals surface area contributed by atoms with Crippen LogP contribution in [-0.2, 0) is 11.3 Å². The summed E-state index contributed by atoms with van der Waals surface area (Å²) in [6.07, 6.45) is 0.320. The topological polar surface area (TPSA) is 86.9 Å². The Morgan fingerprint density at radius 2 is 1.76 bits per heavy atom. The zero-order chi connectivity index (χ0) is 28.6. The Kier molecular flexibility index (Phi) is 7.36. The van der Waals surface area contributed by atoms with Gasteiger partial charge in [0.2, 0.25) is 11.7 Å². The molecule has 6 rings (SSSR count). The lowest BCUT2D eigenvalue weighted by molar-refractivity contribution is -0.164. The van der Waals surface area contributed by atoms with Gasteiger partial charge in [-0.2, -0.15) is 0 Å². The number of hydrogen-bond donors (Lipinski definition) is 1. The van der Waals surface area contributed by atoms with Gasteiger partial charge in [0.15, 0.2) is 0 Å². The van der Waals surface area contributed by atoms with Gasteiger partial charge in [-0.15, -0.1) is 0 Å². The Hall–Kier alpha value is -4.01. The lowest BCUT2D eigenvalue weighted by Gasteiger charge is -2.51. The molecule has 0 aliphatic carbocycles.